The third kappa shape index (κ3) is 2.82. The van der Waals surface area contributed by atoms with Gasteiger partial charge < -0.3 is 4.90 Å². The highest BCUT2D eigenvalue weighted by molar-refractivity contribution is 5.92. The summed E-state index contributed by atoms with van der Waals surface area (Å²) in [6.45, 7) is 0.800. The van der Waals surface area contributed by atoms with Crippen molar-refractivity contribution in [3.63, 3.8) is 0 Å². The number of carbonyl (C=O) groups is 1. The van der Waals surface area contributed by atoms with Crippen molar-refractivity contribution in [2.45, 2.75) is 44.1 Å². The van der Waals surface area contributed by atoms with E-state index in [1.165, 1.54) is 24.8 Å². The minimum Gasteiger partial charge on any atom is -0.333 e. The van der Waals surface area contributed by atoms with Crippen LogP contribution in [-0.2, 0) is 0 Å². The van der Waals surface area contributed by atoms with Gasteiger partial charge in [-0.05, 0) is 42.7 Å². The number of benzene rings is 1. The summed E-state index contributed by atoms with van der Waals surface area (Å²) < 4.78 is 1.81. The summed E-state index contributed by atoms with van der Waals surface area (Å²) in [7, 11) is 0. The van der Waals surface area contributed by atoms with Crippen LogP contribution in [-0.4, -0.2) is 37.8 Å². The fraction of sp³-hybridized carbons (Fsp3) is 0.409. The van der Waals surface area contributed by atoms with E-state index in [1.807, 2.05) is 16.7 Å². The van der Waals surface area contributed by atoms with Crippen LogP contribution >= 0.6 is 0 Å². The van der Waals surface area contributed by atoms with Gasteiger partial charge in [-0.25, -0.2) is 9.97 Å². The molecule has 1 aromatic carbocycles. The second-order valence-electron chi connectivity index (χ2n) is 7.75. The summed E-state index contributed by atoms with van der Waals surface area (Å²) in [6.07, 6.45) is 11.1. The Hall–Kier alpha value is -2.69. The monoisotopic (exact) mass is 360 g/mol. The molecule has 1 aliphatic carbocycles. The number of likely N-dealkylation sites (tertiary alicyclic amines) is 1. The van der Waals surface area contributed by atoms with Crippen molar-refractivity contribution in [1.29, 1.82) is 0 Å². The van der Waals surface area contributed by atoms with Gasteiger partial charge in [0.1, 0.15) is 0 Å². The molecule has 0 N–H and O–H groups in total. The van der Waals surface area contributed by atoms with Crippen LogP contribution in [0.3, 0.4) is 0 Å². The zero-order valence-corrected chi connectivity index (χ0v) is 15.4. The Bertz CT molecular complexity index is 951. The summed E-state index contributed by atoms with van der Waals surface area (Å²) >= 11 is 0. The molecule has 3 unspecified atom stereocenters. The maximum atomic E-state index is 13.4. The number of imidazole rings is 1. The zero-order chi connectivity index (χ0) is 18.2. The normalized spacial score (nSPS) is 25.3. The minimum absolute atomic E-state index is 0.0476. The standard InChI is InChI=1S/C22H24N4O/c27-22(21-24-15-20-23-12-6-13-26(20)21)25-14-11-17(16-7-2-1-3-8-16)18-9-4-5-10-19(18)25/h1-3,6-8,12-13,15,17-19H,4-5,9-11,14H2. The van der Waals surface area contributed by atoms with Crippen molar-refractivity contribution in [2.24, 2.45) is 5.92 Å². The number of carbonyl (C=O) groups excluding carboxylic acids is 1. The van der Waals surface area contributed by atoms with Gasteiger partial charge >= 0.3 is 0 Å². The SMILES string of the molecule is O=C(c1ncc2ncccn12)N1CCC(c2ccccc2)C2CCCCC21. The molecule has 2 aliphatic rings. The molecule has 1 aliphatic heterocycles. The van der Waals surface area contributed by atoms with E-state index < -0.39 is 0 Å². The van der Waals surface area contributed by atoms with E-state index in [2.05, 4.69) is 45.2 Å². The van der Waals surface area contributed by atoms with Crippen molar-refractivity contribution in [1.82, 2.24) is 19.3 Å². The van der Waals surface area contributed by atoms with Gasteiger partial charge in [0.25, 0.3) is 5.91 Å². The molecular formula is C22H24N4O. The third-order valence-electron chi connectivity index (χ3n) is 6.36. The van der Waals surface area contributed by atoms with E-state index >= 15 is 0 Å². The molecule has 3 heterocycles. The van der Waals surface area contributed by atoms with E-state index in [4.69, 9.17) is 0 Å². The van der Waals surface area contributed by atoms with Crippen LogP contribution in [0.4, 0.5) is 0 Å². The van der Waals surface area contributed by atoms with Crippen LogP contribution in [0.5, 0.6) is 0 Å². The van der Waals surface area contributed by atoms with Gasteiger partial charge in [0.15, 0.2) is 5.65 Å². The number of amides is 1. The van der Waals surface area contributed by atoms with E-state index in [0.29, 0.717) is 23.7 Å². The van der Waals surface area contributed by atoms with Crippen LogP contribution < -0.4 is 0 Å². The van der Waals surface area contributed by atoms with Crippen LogP contribution in [0, 0.1) is 5.92 Å². The fourth-order valence-electron chi connectivity index (χ4n) is 5.15. The molecule has 5 heteroatoms. The molecule has 138 valence electrons. The van der Waals surface area contributed by atoms with Gasteiger partial charge in [0.05, 0.1) is 6.20 Å². The Balaban J connectivity index is 1.46. The second-order valence-corrected chi connectivity index (χ2v) is 7.75. The Morgan fingerprint density at radius 3 is 2.74 bits per heavy atom. The predicted octanol–water partition coefficient (Wildman–Crippen LogP) is 3.92. The number of aromatic nitrogens is 3. The maximum Gasteiger partial charge on any atom is 0.290 e. The van der Waals surface area contributed by atoms with Gasteiger partial charge in [0.2, 0.25) is 5.82 Å². The number of hydrogen-bond donors (Lipinski definition) is 0. The average molecular weight is 360 g/mol. The first-order valence-corrected chi connectivity index (χ1v) is 9.97. The van der Waals surface area contributed by atoms with Crippen LogP contribution in [0.1, 0.15) is 54.2 Å². The molecule has 5 nitrogen and oxygen atoms in total. The number of fused-ring (bicyclic) bond motifs is 2. The zero-order valence-electron chi connectivity index (χ0n) is 15.4. The molecule has 1 amide bonds. The molecule has 5 rings (SSSR count). The summed E-state index contributed by atoms with van der Waals surface area (Å²) in [5.74, 6) is 1.63. The van der Waals surface area contributed by atoms with Gasteiger partial charge in [0, 0.05) is 25.0 Å². The minimum atomic E-state index is 0.0476. The Morgan fingerprint density at radius 2 is 1.85 bits per heavy atom. The first-order valence-electron chi connectivity index (χ1n) is 9.97. The lowest BCUT2D eigenvalue weighted by atomic mass is 9.69. The maximum absolute atomic E-state index is 13.4. The highest BCUT2D eigenvalue weighted by atomic mass is 16.2. The fourth-order valence-corrected chi connectivity index (χ4v) is 5.15. The van der Waals surface area contributed by atoms with E-state index in [0.717, 1.165) is 25.0 Å². The highest BCUT2D eigenvalue weighted by Gasteiger charge is 2.42. The van der Waals surface area contributed by atoms with Crippen molar-refractivity contribution in [2.75, 3.05) is 6.54 Å². The molecule has 1 saturated heterocycles. The first-order chi connectivity index (χ1) is 13.3. The molecular weight excluding hydrogens is 336 g/mol. The lowest BCUT2D eigenvalue weighted by Crippen LogP contribution is -2.52. The van der Waals surface area contributed by atoms with E-state index in [9.17, 15) is 4.79 Å². The molecule has 3 aromatic rings. The number of nitrogens with zero attached hydrogens (tertiary/aromatic N) is 4. The third-order valence-corrected chi connectivity index (χ3v) is 6.36. The van der Waals surface area contributed by atoms with E-state index in [-0.39, 0.29) is 5.91 Å². The lowest BCUT2D eigenvalue weighted by Gasteiger charge is -2.48. The average Bonchev–Trinajstić information content (AvgIpc) is 3.17. The topological polar surface area (TPSA) is 50.5 Å². The molecule has 1 saturated carbocycles. The Labute approximate surface area is 159 Å². The van der Waals surface area contributed by atoms with E-state index in [1.54, 1.807) is 12.4 Å². The van der Waals surface area contributed by atoms with Crippen LogP contribution in [0.25, 0.3) is 5.65 Å². The smallest absolute Gasteiger partial charge is 0.290 e. The first kappa shape index (κ1) is 16.5. The largest absolute Gasteiger partial charge is 0.333 e. The quantitative estimate of drug-likeness (QED) is 0.696. The van der Waals surface area contributed by atoms with Gasteiger partial charge in [-0.15, -0.1) is 0 Å². The van der Waals surface area contributed by atoms with Crippen LogP contribution in [0.15, 0.2) is 55.0 Å². The Kier molecular flexibility index (Phi) is 4.15. The summed E-state index contributed by atoms with van der Waals surface area (Å²) in [4.78, 5) is 24.2. The van der Waals surface area contributed by atoms with Crippen molar-refractivity contribution < 1.29 is 4.79 Å². The molecule has 0 radical (unpaired) electrons. The molecule has 0 spiro atoms. The van der Waals surface area contributed by atoms with Gasteiger partial charge in [-0.3, -0.25) is 9.20 Å². The molecule has 27 heavy (non-hydrogen) atoms. The predicted molar refractivity (Wildman–Crippen MR) is 104 cm³/mol. The van der Waals surface area contributed by atoms with Crippen molar-refractivity contribution >= 4 is 11.6 Å². The number of hydrogen-bond acceptors (Lipinski definition) is 3. The molecule has 3 atom stereocenters. The van der Waals surface area contributed by atoms with Crippen LogP contribution in [0.2, 0.25) is 0 Å². The summed E-state index contributed by atoms with van der Waals surface area (Å²) in [6, 6.07) is 13.0. The summed E-state index contributed by atoms with van der Waals surface area (Å²) in [5, 5.41) is 0. The molecule has 2 aromatic heterocycles. The van der Waals surface area contributed by atoms with Gasteiger partial charge in [-0.1, -0.05) is 43.2 Å². The number of rotatable bonds is 2. The van der Waals surface area contributed by atoms with Crippen molar-refractivity contribution in [3.05, 3.63) is 66.4 Å². The van der Waals surface area contributed by atoms with Gasteiger partial charge in [-0.2, -0.15) is 0 Å². The molecule has 2 fully saturated rings. The highest BCUT2D eigenvalue weighted by Crippen LogP contribution is 2.44. The van der Waals surface area contributed by atoms with Crippen molar-refractivity contribution in [3.8, 4) is 0 Å². The number of piperidine rings is 1. The molecule has 0 bridgehead atoms. The Morgan fingerprint density at radius 1 is 1.00 bits per heavy atom. The second kappa shape index (κ2) is 6.80. The lowest BCUT2D eigenvalue weighted by molar-refractivity contribution is 0.0308. The summed E-state index contributed by atoms with van der Waals surface area (Å²) in [5.41, 5.74) is 2.15.